The van der Waals surface area contributed by atoms with Gasteiger partial charge in [0.05, 0.1) is 0 Å². The molecule has 2 aromatic rings. The first-order chi connectivity index (χ1) is 9.69. The van der Waals surface area contributed by atoms with Gasteiger partial charge in [-0.2, -0.15) is 0 Å². The molecule has 0 amide bonds. The summed E-state index contributed by atoms with van der Waals surface area (Å²) >= 11 is 13.7. The second-order valence-corrected chi connectivity index (χ2v) is 6.23. The van der Waals surface area contributed by atoms with E-state index in [0.29, 0.717) is 21.0 Å². The van der Waals surface area contributed by atoms with E-state index in [1.807, 2.05) is 6.26 Å². The third-order valence-electron chi connectivity index (χ3n) is 3.41. The third kappa shape index (κ3) is 2.67. The summed E-state index contributed by atoms with van der Waals surface area (Å²) in [6.07, 6.45) is 5.61. The summed E-state index contributed by atoms with van der Waals surface area (Å²) in [5.74, 6) is 0.922. The van der Waals surface area contributed by atoms with Gasteiger partial charge in [-0.15, -0.1) is 0 Å². The third-order valence-corrected chi connectivity index (χ3v) is 4.41. The van der Waals surface area contributed by atoms with E-state index >= 15 is 0 Å². The summed E-state index contributed by atoms with van der Waals surface area (Å²) < 4.78 is 0. The van der Waals surface area contributed by atoms with Crippen molar-refractivity contribution in [1.29, 1.82) is 0 Å². The Balaban J connectivity index is 2.21. The Morgan fingerprint density at radius 2 is 1.85 bits per heavy atom. The molecule has 0 atom stereocenters. The lowest BCUT2D eigenvalue weighted by molar-refractivity contribution is 0.573. The number of piperidine rings is 1. The van der Waals surface area contributed by atoms with Crippen LogP contribution in [0.5, 0.6) is 0 Å². The summed E-state index contributed by atoms with van der Waals surface area (Å²) in [4.78, 5) is 15.5. The highest BCUT2D eigenvalue weighted by atomic mass is 35.5. The van der Waals surface area contributed by atoms with Crippen molar-refractivity contribution >= 4 is 51.7 Å². The largest absolute Gasteiger partial charge is 0.356 e. The Kier molecular flexibility index (Phi) is 4.19. The van der Waals surface area contributed by atoms with E-state index in [9.17, 15) is 0 Å². The zero-order valence-corrected chi connectivity index (χ0v) is 13.4. The van der Waals surface area contributed by atoms with Crippen LogP contribution >= 0.6 is 35.0 Å². The predicted octanol–water partition coefficient (Wildman–Crippen LogP) is 4.04. The Morgan fingerprint density at radius 3 is 2.55 bits per heavy atom. The minimum absolute atomic E-state index is 0.337. The first-order valence-electron chi connectivity index (χ1n) is 6.52. The SMILES string of the molecule is CSc1nc(N2CCCCC2)c2cc(Cl)nc(Cl)c2n1. The van der Waals surface area contributed by atoms with Gasteiger partial charge in [-0.05, 0) is 31.6 Å². The van der Waals surface area contributed by atoms with E-state index in [0.717, 1.165) is 24.3 Å². The van der Waals surface area contributed by atoms with Crippen molar-refractivity contribution in [2.45, 2.75) is 24.4 Å². The molecule has 0 spiro atoms. The lowest BCUT2D eigenvalue weighted by Crippen LogP contribution is -2.30. The van der Waals surface area contributed by atoms with Crippen molar-refractivity contribution in [3.8, 4) is 0 Å². The van der Waals surface area contributed by atoms with E-state index in [4.69, 9.17) is 23.2 Å². The Hall–Kier alpha value is -0.780. The number of pyridine rings is 1. The molecule has 20 heavy (non-hydrogen) atoms. The van der Waals surface area contributed by atoms with Crippen LogP contribution in [0.4, 0.5) is 5.82 Å². The highest BCUT2D eigenvalue weighted by Gasteiger charge is 2.19. The van der Waals surface area contributed by atoms with Gasteiger partial charge in [0, 0.05) is 18.5 Å². The molecule has 4 nitrogen and oxygen atoms in total. The van der Waals surface area contributed by atoms with Crippen LogP contribution in [0.15, 0.2) is 11.2 Å². The molecule has 0 aliphatic carbocycles. The van der Waals surface area contributed by atoms with Gasteiger partial charge in [-0.1, -0.05) is 35.0 Å². The number of aromatic nitrogens is 3. The number of anilines is 1. The number of thioether (sulfide) groups is 1. The van der Waals surface area contributed by atoms with Gasteiger partial charge in [-0.25, -0.2) is 15.0 Å². The fraction of sp³-hybridized carbons (Fsp3) is 0.462. The molecule has 106 valence electrons. The van der Waals surface area contributed by atoms with Crippen LogP contribution in [0.25, 0.3) is 10.9 Å². The topological polar surface area (TPSA) is 41.9 Å². The summed E-state index contributed by atoms with van der Waals surface area (Å²) in [6, 6.07) is 1.80. The maximum Gasteiger partial charge on any atom is 0.189 e. The fourth-order valence-corrected chi connectivity index (χ4v) is 3.30. The first kappa shape index (κ1) is 14.2. The molecule has 1 saturated heterocycles. The van der Waals surface area contributed by atoms with Crippen molar-refractivity contribution in [2.24, 2.45) is 0 Å². The van der Waals surface area contributed by atoms with Crippen LogP contribution in [0.2, 0.25) is 10.3 Å². The average Bonchev–Trinajstić information content (AvgIpc) is 2.47. The molecule has 3 heterocycles. The van der Waals surface area contributed by atoms with Crippen LogP contribution in [-0.4, -0.2) is 34.3 Å². The molecule has 1 aliphatic heterocycles. The molecule has 0 bridgehead atoms. The van der Waals surface area contributed by atoms with Crippen molar-refractivity contribution in [2.75, 3.05) is 24.2 Å². The summed E-state index contributed by atoms with van der Waals surface area (Å²) in [7, 11) is 0. The van der Waals surface area contributed by atoms with Gasteiger partial charge >= 0.3 is 0 Å². The number of fused-ring (bicyclic) bond motifs is 1. The zero-order valence-electron chi connectivity index (χ0n) is 11.1. The van der Waals surface area contributed by atoms with Gasteiger partial charge in [-0.3, -0.25) is 0 Å². The summed E-state index contributed by atoms with van der Waals surface area (Å²) in [5, 5.41) is 2.31. The maximum absolute atomic E-state index is 6.19. The molecule has 0 radical (unpaired) electrons. The molecular formula is C13H14Cl2N4S. The van der Waals surface area contributed by atoms with Crippen LogP contribution in [0.3, 0.4) is 0 Å². The lowest BCUT2D eigenvalue weighted by atomic mass is 10.1. The average molecular weight is 329 g/mol. The fourth-order valence-electron chi connectivity index (χ4n) is 2.46. The molecule has 1 aliphatic rings. The number of hydrogen-bond donors (Lipinski definition) is 0. The van der Waals surface area contributed by atoms with Gasteiger partial charge in [0.25, 0.3) is 0 Å². The molecular weight excluding hydrogens is 315 g/mol. The van der Waals surface area contributed by atoms with Crippen LogP contribution < -0.4 is 4.90 Å². The second-order valence-electron chi connectivity index (χ2n) is 4.71. The van der Waals surface area contributed by atoms with Crippen molar-refractivity contribution in [3.63, 3.8) is 0 Å². The minimum Gasteiger partial charge on any atom is -0.356 e. The van der Waals surface area contributed by atoms with E-state index in [1.165, 1.54) is 31.0 Å². The van der Waals surface area contributed by atoms with Crippen molar-refractivity contribution < 1.29 is 0 Å². The number of halogens is 2. The van der Waals surface area contributed by atoms with E-state index < -0.39 is 0 Å². The summed E-state index contributed by atoms with van der Waals surface area (Å²) in [6.45, 7) is 2.02. The van der Waals surface area contributed by atoms with Gasteiger partial charge < -0.3 is 4.90 Å². The van der Waals surface area contributed by atoms with Gasteiger partial charge in [0.15, 0.2) is 10.3 Å². The molecule has 0 N–H and O–H groups in total. The number of rotatable bonds is 2. The molecule has 3 rings (SSSR count). The highest BCUT2D eigenvalue weighted by molar-refractivity contribution is 7.98. The van der Waals surface area contributed by atoms with E-state index in [-0.39, 0.29) is 0 Å². The van der Waals surface area contributed by atoms with Crippen LogP contribution in [-0.2, 0) is 0 Å². The molecule has 0 aromatic carbocycles. The number of hydrogen-bond acceptors (Lipinski definition) is 5. The Labute approximate surface area is 131 Å². The van der Waals surface area contributed by atoms with Crippen molar-refractivity contribution in [1.82, 2.24) is 15.0 Å². The minimum atomic E-state index is 0.337. The smallest absolute Gasteiger partial charge is 0.189 e. The summed E-state index contributed by atoms with van der Waals surface area (Å²) in [5.41, 5.74) is 0.677. The van der Waals surface area contributed by atoms with E-state index in [1.54, 1.807) is 6.07 Å². The standard InChI is InChI=1S/C13H14Cl2N4S/c1-20-13-17-10-8(7-9(14)16-11(10)15)12(18-13)19-5-3-2-4-6-19/h7H,2-6H2,1H3. The quantitative estimate of drug-likeness (QED) is 0.472. The monoisotopic (exact) mass is 328 g/mol. The molecule has 0 unspecified atom stereocenters. The Morgan fingerprint density at radius 1 is 1.10 bits per heavy atom. The number of nitrogens with zero attached hydrogens (tertiary/aromatic N) is 4. The highest BCUT2D eigenvalue weighted by Crippen LogP contribution is 2.32. The van der Waals surface area contributed by atoms with Gasteiger partial charge in [0.1, 0.15) is 16.5 Å². The van der Waals surface area contributed by atoms with Crippen molar-refractivity contribution in [3.05, 3.63) is 16.4 Å². The zero-order chi connectivity index (χ0) is 14.1. The maximum atomic E-state index is 6.19. The normalized spacial score (nSPS) is 15.8. The molecule has 7 heteroatoms. The molecule has 2 aromatic heterocycles. The second kappa shape index (κ2) is 5.92. The first-order valence-corrected chi connectivity index (χ1v) is 8.50. The van der Waals surface area contributed by atoms with Crippen LogP contribution in [0, 0.1) is 0 Å². The molecule has 1 fully saturated rings. The van der Waals surface area contributed by atoms with Gasteiger partial charge in [0.2, 0.25) is 0 Å². The van der Waals surface area contributed by atoms with Crippen LogP contribution in [0.1, 0.15) is 19.3 Å². The predicted molar refractivity (Wildman–Crippen MR) is 85.2 cm³/mol. The Bertz CT molecular complexity index is 644. The van der Waals surface area contributed by atoms with E-state index in [2.05, 4.69) is 19.9 Å². The lowest BCUT2D eigenvalue weighted by Gasteiger charge is -2.28. The molecule has 0 saturated carbocycles.